The second kappa shape index (κ2) is 9.49. The molecule has 0 aromatic heterocycles. The van der Waals surface area contributed by atoms with Gasteiger partial charge in [0, 0.05) is 10.0 Å². The Labute approximate surface area is 196 Å². The molecular weight excluding hydrogens is 479 g/mol. The molecule has 0 bridgehead atoms. The zero-order valence-electron chi connectivity index (χ0n) is 16.7. The van der Waals surface area contributed by atoms with Crippen molar-refractivity contribution in [3.05, 3.63) is 86.9 Å². The first kappa shape index (κ1) is 23.4. The van der Waals surface area contributed by atoms with Crippen LogP contribution in [0.2, 0.25) is 15.1 Å². The lowest BCUT2D eigenvalue weighted by Gasteiger charge is -2.25. The van der Waals surface area contributed by atoms with E-state index in [1.165, 1.54) is 30.3 Å². The topological polar surface area (TPSA) is 66.5 Å². The number of rotatable bonds is 6. The van der Waals surface area contributed by atoms with E-state index in [1.807, 2.05) is 13.8 Å². The molecule has 0 atom stereocenters. The summed E-state index contributed by atoms with van der Waals surface area (Å²) in [5, 5.41) is 3.71. The fourth-order valence-corrected chi connectivity index (χ4v) is 4.72. The minimum Gasteiger partial charge on any atom is -0.323 e. The van der Waals surface area contributed by atoms with Crippen molar-refractivity contribution in [2.45, 2.75) is 18.7 Å². The molecular formula is C22H19Cl3N2O3S. The molecule has 9 heteroatoms. The summed E-state index contributed by atoms with van der Waals surface area (Å²) in [6, 6.07) is 15.6. The second-order valence-electron chi connectivity index (χ2n) is 6.91. The van der Waals surface area contributed by atoms with Gasteiger partial charge >= 0.3 is 0 Å². The summed E-state index contributed by atoms with van der Waals surface area (Å²) in [6.07, 6.45) is 0. The highest BCUT2D eigenvalue weighted by Crippen LogP contribution is 2.28. The maximum atomic E-state index is 13.4. The van der Waals surface area contributed by atoms with Crippen molar-refractivity contribution >= 4 is 62.1 Å². The molecule has 31 heavy (non-hydrogen) atoms. The summed E-state index contributed by atoms with van der Waals surface area (Å²) in [5.74, 6) is -0.570. The number of carbonyl (C=O) groups is 1. The third-order valence-corrected chi connectivity index (χ3v) is 7.27. The Hall–Kier alpha value is -2.25. The Morgan fingerprint density at radius 1 is 0.871 bits per heavy atom. The summed E-state index contributed by atoms with van der Waals surface area (Å²) < 4.78 is 27.9. The van der Waals surface area contributed by atoms with Crippen LogP contribution in [0.5, 0.6) is 0 Å². The Balaban J connectivity index is 1.99. The largest absolute Gasteiger partial charge is 0.323 e. The Bertz CT molecular complexity index is 1230. The highest BCUT2D eigenvalue weighted by molar-refractivity contribution is 7.92. The van der Waals surface area contributed by atoms with Gasteiger partial charge in [0.1, 0.15) is 6.54 Å². The van der Waals surface area contributed by atoms with Crippen LogP contribution < -0.4 is 9.62 Å². The van der Waals surface area contributed by atoms with Crippen molar-refractivity contribution in [2.24, 2.45) is 0 Å². The zero-order chi connectivity index (χ0) is 22.8. The number of anilines is 2. The van der Waals surface area contributed by atoms with Gasteiger partial charge in [-0.3, -0.25) is 9.10 Å². The predicted molar refractivity (Wildman–Crippen MR) is 127 cm³/mol. The van der Waals surface area contributed by atoms with Gasteiger partial charge in [0.25, 0.3) is 10.0 Å². The van der Waals surface area contributed by atoms with Gasteiger partial charge in [-0.05, 0) is 79.6 Å². The van der Waals surface area contributed by atoms with Gasteiger partial charge in [-0.2, -0.15) is 0 Å². The van der Waals surface area contributed by atoms with Crippen molar-refractivity contribution < 1.29 is 13.2 Å². The van der Waals surface area contributed by atoms with Crippen molar-refractivity contribution in [2.75, 3.05) is 16.2 Å². The average molecular weight is 498 g/mol. The number of halogens is 3. The van der Waals surface area contributed by atoms with Crippen LogP contribution in [-0.2, 0) is 14.8 Å². The Morgan fingerprint density at radius 3 is 2.16 bits per heavy atom. The summed E-state index contributed by atoms with van der Waals surface area (Å²) in [5.41, 5.74) is 2.56. The van der Waals surface area contributed by atoms with Crippen LogP contribution in [0.1, 0.15) is 11.1 Å². The average Bonchev–Trinajstić information content (AvgIpc) is 2.71. The molecule has 1 amide bonds. The molecule has 0 spiro atoms. The van der Waals surface area contributed by atoms with Gasteiger partial charge in [-0.25, -0.2) is 8.42 Å². The first-order valence-corrected chi connectivity index (χ1v) is 11.8. The van der Waals surface area contributed by atoms with E-state index in [0.717, 1.165) is 15.4 Å². The molecule has 3 rings (SSSR count). The number of amides is 1. The molecule has 0 saturated carbocycles. The number of sulfonamides is 1. The maximum absolute atomic E-state index is 13.4. The molecule has 0 saturated heterocycles. The van der Waals surface area contributed by atoms with Crippen LogP contribution in [-0.4, -0.2) is 20.9 Å². The van der Waals surface area contributed by atoms with E-state index >= 15 is 0 Å². The van der Waals surface area contributed by atoms with E-state index in [9.17, 15) is 13.2 Å². The minimum absolute atomic E-state index is 0.0173. The van der Waals surface area contributed by atoms with Gasteiger partial charge < -0.3 is 5.32 Å². The monoisotopic (exact) mass is 496 g/mol. The number of hydrogen-bond donors (Lipinski definition) is 1. The lowest BCUT2D eigenvalue weighted by molar-refractivity contribution is -0.114. The van der Waals surface area contributed by atoms with Crippen molar-refractivity contribution in [3.8, 4) is 0 Å². The van der Waals surface area contributed by atoms with Crippen LogP contribution in [0, 0.1) is 13.8 Å². The van der Waals surface area contributed by atoms with E-state index < -0.39 is 22.5 Å². The number of aryl methyl sites for hydroxylation is 2. The second-order valence-corrected chi connectivity index (χ2v) is 10.0. The normalized spacial score (nSPS) is 11.3. The first-order chi connectivity index (χ1) is 14.6. The van der Waals surface area contributed by atoms with Gasteiger partial charge in [-0.1, -0.05) is 40.9 Å². The maximum Gasteiger partial charge on any atom is 0.264 e. The molecule has 0 aliphatic carbocycles. The highest BCUT2D eigenvalue weighted by Gasteiger charge is 2.27. The van der Waals surface area contributed by atoms with Gasteiger partial charge in [0.05, 0.1) is 21.3 Å². The van der Waals surface area contributed by atoms with E-state index in [2.05, 4.69) is 5.32 Å². The van der Waals surface area contributed by atoms with E-state index in [-0.39, 0.29) is 9.92 Å². The smallest absolute Gasteiger partial charge is 0.264 e. The predicted octanol–water partition coefficient (Wildman–Crippen LogP) is 6.10. The molecule has 0 fully saturated rings. The third-order valence-electron chi connectivity index (χ3n) is 4.67. The molecule has 162 valence electrons. The number of carbonyl (C=O) groups excluding carboxylic acids is 1. The molecule has 3 aromatic carbocycles. The highest BCUT2D eigenvalue weighted by atomic mass is 35.5. The van der Waals surface area contributed by atoms with Gasteiger partial charge in [0.15, 0.2) is 0 Å². The first-order valence-electron chi connectivity index (χ1n) is 9.18. The fraction of sp³-hybridized carbons (Fsp3) is 0.136. The van der Waals surface area contributed by atoms with Crippen LogP contribution in [0.15, 0.2) is 65.6 Å². The summed E-state index contributed by atoms with van der Waals surface area (Å²) in [7, 11) is -4.05. The molecule has 0 heterocycles. The number of hydrogen-bond acceptors (Lipinski definition) is 3. The summed E-state index contributed by atoms with van der Waals surface area (Å²) in [6.45, 7) is 3.33. The van der Waals surface area contributed by atoms with E-state index in [1.54, 1.807) is 30.3 Å². The van der Waals surface area contributed by atoms with Crippen molar-refractivity contribution in [1.82, 2.24) is 0 Å². The molecule has 3 aromatic rings. The van der Waals surface area contributed by atoms with E-state index in [4.69, 9.17) is 34.8 Å². The standard InChI is InChI=1S/C22H19Cl3N2O3S/c1-14-3-7-18(11-15(14)2)27(31(29,30)19-8-4-16(23)5-9-19)13-22(28)26-21-12-17(24)6-10-20(21)25/h3-12H,13H2,1-2H3,(H,26,28). The lowest BCUT2D eigenvalue weighted by atomic mass is 10.1. The molecule has 0 aliphatic rings. The Morgan fingerprint density at radius 2 is 1.52 bits per heavy atom. The number of nitrogens with one attached hydrogen (secondary N) is 1. The SMILES string of the molecule is Cc1ccc(N(CC(=O)Nc2cc(Cl)ccc2Cl)S(=O)(=O)c2ccc(Cl)cc2)cc1C. The number of benzene rings is 3. The van der Waals surface area contributed by atoms with E-state index in [0.29, 0.717) is 21.4 Å². The van der Waals surface area contributed by atoms with Crippen LogP contribution >= 0.6 is 34.8 Å². The Kier molecular flexibility index (Phi) is 7.17. The fourth-order valence-electron chi connectivity index (χ4n) is 2.84. The van der Waals surface area contributed by atoms with Crippen LogP contribution in [0.3, 0.4) is 0 Å². The minimum atomic E-state index is -4.05. The quantitative estimate of drug-likeness (QED) is 0.447. The lowest BCUT2D eigenvalue weighted by Crippen LogP contribution is -2.38. The number of nitrogens with zero attached hydrogens (tertiary/aromatic N) is 1. The molecule has 0 unspecified atom stereocenters. The van der Waals surface area contributed by atoms with Crippen LogP contribution in [0.4, 0.5) is 11.4 Å². The molecule has 5 nitrogen and oxygen atoms in total. The molecule has 1 N–H and O–H groups in total. The van der Waals surface area contributed by atoms with Crippen molar-refractivity contribution in [1.29, 1.82) is 0 Å². The third kappa shape index (κ3) is 5.52. The van der Waals surface area contributed by atoms with Gasteiger partial charge in [0.2, 0.25) is 5.91 Å². The van der Waals surface area contributed by atoms with Crippen molar-refractivity contribution in [3.63, 3.8) is 0 Å². The zero-order valence-corrected chi connectivity index (χ0v) is 19.8. The van der Waals surface area contributed by atoms with Crippen LogP contribution in [0.25, 0.3) is 0 Å². The van der Waals surface area contributed by atoms with Gasteiger partial charge in [-0.15, -0.1) is 0 Å². The summed E-state index contributed by atoms with van der Waals surface area (Å²) >= 11 is 18.0. The summed E-state index contributed by atoms with van der Waals surface area (Å²) in [4.78, 5) is 12.8. The molecule has 0 aliphatic heterocycles. The molecule has 0 radical (unpaired) electrons.